The minimum atomic E-state index is -0.0561. The Labute approximate surface area is 171 Å². The van der Waals surface area contributed by atoms with Crippen LogP contribution in [0.5, 0.6) is 0 Å². The highest BCUT2D eigenvalue weighted by molar-refractivity contribution is 6.29. The zero-order valence-electron chi connectivity index (χ0n) is 16.8. The maximum absolute atomic E-state index is 12.4. The van der Waals surface area contributed by atoms with E-state index in [1.54, 1.807) is 12.3 Å². The fourth-order valence-electron chi connectivity index (χ4n) is 3.19. The van der Waals surface area contributed by atoms with Gasteiger partial charge in [0.05, 0.1) is 5.69 Å². The average Bonchev–Trinajstić information content (AvgIpc) is 3.15. The second kappa shape index (κ2) is 8.78. The van der Waals surface area contributed by atoms with E-state index in [0.29, 0.717) is 18.1 Å². The van der Waals surface area contributed by atoms with E-state index in [1.165, 1.54) is 0 Å². The molecule has 6 nitrogen and oxygen atoms in total. The lowest BCUT2D eigenvalue weighted by Crippen LogP contribution is -2.24. The molecule has 150 valence electrons. The molecular formula is C21H28ClN5O. The molecule has 0 bridgehead atoms. The van der Waals surface area contributed by atoms with Gasteiger partial charge in [0.25, 0.3) is 0 Å². The molecule has 3 rings (SSSR count). The molecule has 0 aromatic carbocycles. The van der Waals surface area contributed by atoms with Gasteiger partial charge in [0.15, 0.2) is 5.82 Å². The molecule has 28 heavy (non-hydrogen) atoms. The fraction of sp³-hybridized carbons (Fsp3) is 0.476. The fourth-order valence-corrected chi connectivity index (χ4v) is 3.31. The Balaban J connectivity index is 1.75. The standard InChI is InChI=1S/C21H28ClN5O/c1-21(2,3)12-19(28)25-16-7-9-18(26-20(16)27-10-4-5-11-27)24-14-15-6-8-17(22)23-13-15/h6-9,13H,4-5,10-12,14H2,1-3H3,(H,24,26)(H,25,28). The normalized spacial score (nSPS) is 14.2. The SMILES string of the molecule is CC(C)(C)CC(=O)Nc1ccc(NCc2ccc(Cl)nc2)nc1N1CCCC1. The molecular weight excluding hydrogens is 374 g/mol. The van der Waals surface area contributed by atoms with Crippen molar-refractivity contribution in [2.45, 2.75) is 46.6 Å². The van der Waals surface area contributed by atoms with Crippen LogP contribution in [0, 0.1) is 5.41 Å². The van der Waals surface area contributed by atoms with Crippen LogP contribution in [0.2, 0.25) is 5.15 Å². The van der Waals surface area contributed by atoms with Crippen molar-refractivity contribution in [3.63, 3.8) is 0 Å². The lowest BCUT2D eigenvalue weighted by atomic mass is 9.92. The van der Waals surface area contributed by atoms with Crippen molar-refractivity contribution in [3.05, 3.63) is 41.2 Å². The first kappa shape index (κ1) is 20.4. The third-order valence-corrected chi connectivity index (χ3v) is 4.73. The topological polar surface area (TPSA) is 70.1 Å². The monoisotopic (exact) mass is 401 g/mol. The number of carbonyl (C=O) groups is 1. The quantitative estimate of drug-likeness (QED) is 0.685. The van der Waals surface area contributed by atoms with Gasteiger partial charge in [0, 0.05) is 32.3 Å². The Hall–Kier alpha value is -2.34. The van der Waals surface area contributed by atoms with E-state index in [2.05, 4.69) is 41.3 Å². The van der Waals surface area contributed by atoms with Crippen molar-refractivity contribution in [1.29, 1.82) is 0 Å². The number of amides is 1. The van der Waals surface area contributed by atoms with Gasteiger partial charge in [-0.05, 0) is 42.0 Å². The molecule has 7 heteroatoms. The minimum Gasteiger partial charge on any atom is -0.366 e. The first-order chi connectivity index (χ1) is 13.3. The highest BCUT2D eigenvalue weighted by atomic mass is 35.5. The number of nitrogens with zero attached hydrogens (tertiary/aromatic N) is 3. The predicted molar refractivity (Wildman–Crippen MR) is 115 cm³/mol. The summed E-state index contributed by atoms with van der Waals surface area (Å²) >= 11 is 5.84. The Kier molecular flexibility index (Phi) is 6.39. The summed E-state index contributed by atoms with van der Waals surface area (Å²) in [6, 6.07) is 7.54. The molecule has 1 aliphatic heterocycles. The maximum Gasteiger partial charge on any atom is 0.224 e. The van der Waals surface area contributed by atoms with Crippen molar-refractivity contribution >= 4 is 34.8 Å². The van der Waals surface area contributed by atoms with Crippen LogP contribution in [0.15, 0.2) is 30.5 Å². The van der Waals surface area contributed by atoms with Crippen molar-refractivity contribution < 1.29 is 4.79 Å². The predicted octanol–water partition coefficient (Wildman–Crippen LogP) is 4.72. The summed E-state index contributed by atoms with van der Waals surface area (Å²) in [5, 5.41) is 6.87. The molecule has 0 radical (unpaired) electrons. The van der Waals surface area contributed by atoms with Crippen molar-refractivity contribution in [2.75, 3.05) is 28.6 Å². The number of pyridine rings is 2. The van der Waals surface area contributed by atoms with E-state index in [-0.39, 0.29) is 11.3 Å². The van der Waals surface area contributed by atoms with E-state index in [9.17, 15) is 4.79 Å². The third kappa shape index (κ3) is 5.83. The van der Waals surface area contributed by atoms with Gasteiger partial charge in [-0.25, -0.2) is 9.97 Å². The van der Waals surface area contributed by atoms with E-state index in [1.807, 2.05) is 18.2 Å². The molecule has 3 heterocycles. The molecule has 1 amide bonds. The van der Waals surface area contributed by atoms with Crippen LogP contribution < -0.4 is 15.5 Å². The number of carbonyl (C=O) groups excluding carboxylic acids is 1. The second-order valence-electron chi connectivity index (χ2n) is 8.39. The number of nitrogens with one attached hydrogen (secondary N) is 2. The van der Waals surface area contributed by atoms with Gasteiger partial charge in [0.1, 0.15) is 11.0 Å². The van der Waals surface area contributed by atoms with Crippen LogP contribution in [-0.2, 0) is 11.3 Å². The van der Waals surface area contributed by atoms with Gasteiger partial charge in [-0.15, -0.1) is 0 Å². The Morgan fingerprint density at radius 3 is 2.57 bits per heavy atom. The molecule has 1 fully saturated rings. The van der Waals surface area contributed by atoms with Crippen LogP contribution in [0.25, 0.3) is 0 Å². The van der Waals surface area contributed by atoms with Crippen LogP contribution in [-0.4, -0.2) is 29.0 Å². The summed E-state index contributed by atoms with van der Waals surface area (Å²) in [6.07, 6.45) is 4.50. The summed E-state index contributed by atoms with van der Waals surface area (Å²) in [4.78, 5) is 23.6. The zero-order chi connectivity index (χ0) is 20.1. The molecule has 0 atom stereocenters. The Morgan fingerprint density at radius 1 is 1.18 bits per heavy atom. The van der Waals surface area contributed by atoms with Gasteiger partial charge in [0.2, 0.25) is 5.91 Å². The molecule has 0 spiro atoms. The largest absolute Gasteiger partial charge is 0.366 e. The first-order valence-corrected chi connectivity index (χ1v) is 10.1. The number of hydrogen-bond donors (Lipinski definition) is 2. The van der Waals surface area contributed by atoms with Gasteiger partial charge >= 0.3 is 0 Å². The average molecular weight is 402 g/mol. The number of aromatic nitrogens is 2. The van der Waals surface area contributed by atoms with Crippen molar-refractivity contribution in [3.8, 4) is 0 Å². The Morgan fingerprint density at radius 2 is 1.93 bits per heavy atom. The smallest absolute Gasteiger partial charge is 0.224 e. The van der Waals surface area contributed by atoms with E-state index < -0.39 is 0 Å². The number of anilines is 3. The molecule has 2 aromatic heterocycles. The molecule has 0 saturated carbocycles. The van der Waals surface area contributed by atoms with Crippen molar-refractivity contribution in [2.24, 2.45) is 5.41 Å². The molecule has 1 aliphatic rings. The second-order valence-corrected chi connectivity index (χ2v) is 8.78. The highest BCUT2D eigenvalue weighted by Gasteiger charge is 2.21. The lowest BCUT2D eigenvalue weighted by Gasteiger charge is -2.23. The summed E-state index contributed by atoms with van der Waals surface area (Å²) in [7, 11) is 0. The van der Waals surface area contributed by atoms with Crippen molar-refractivity contribution in [1.82, 2.24) is 9.97 Å². The van der Waals surface area contributed by atoms with Crippen LogP contribution in [0.4, 0.5) is 17.3 Å². The number of hydrogen-bond acceptors (Lipinski definition) is 5. The Bertz CT molecular complexity index is 811. The third-order valence-electron chi connectivity index (χ3n) is 4.51. The molecule has 2 N–H and O–H groups in total. The molecule has 0 aliphatic carbocycles. The maximum atomic E-state index is 12.4. The number of halogens is 1. The lowest BCUT2D eigenvalue weighted by molar-refractivity contribution is -0.117. The molecule has 1 saturated heterocycles. The van der Waals surface area contributed by atoms with Crippen LogP contribution >= 0.6 is 11.6 Å². The summed E-state index contributed by atoms with van der Waals surface area (Å²) in [5.74, 6) is 1.62. The van der Waals surface area contributed by atoms with Crippen LogP contribution in [0.3, 0.4) is 0 Å². The molecule has 0 unspecified atom stereocenters. The van der Waals surface area contributed by atoms with Crippen LogP contribution in [0.1, 0.15) is 45.6 Å². The van der Waals surface area contributed by atoms with Gasteiger partial charge in [-0.1, -0.05) is 38.4 Å². The van der Waals surface area contributed by atoms with Gasteiger partial charge in [-0.3, -0.25) is 4.79 Å². The van der Waals surface area contributed by atoms with E-state index >= 15 is 0 Å². The summed E-state index contributed by atoms with van der Waals surface area (Å²) in [5.41, 5.74) is 1.74. The molecule has 2 aromatic rings. The number of rotatable bonds is 6. The van der Waals surface area contributed by atoms with Gasteiger partial charge in [-0.2, -0.15) is 0 Å². The minimum absolute atomic E-state index is 0.0164. The first-order valence-electron chi connectivity index (χ1n) is 9.70. The summed E-state index contributed by atoms with van der Waals surface area (Å²) in [6.45, 7) is 8.70. The summed E-state index contributed by atoms with van der Waals surface area (Å²) < 4.78 is 0. The van der Waals surface area contributed by atoms with E-state index in [0.717, 1.165) is 48.8 Å². The van der Waals surface area contributed by atoms with Gasteiger partial charge < -0.3 is 15.5 Å². The zero-order valence-corrected chi connectivity index (χ0v) is 17.5. The highest BCUT2D eigenvalue weighted by Crippen LogP contribution is 2.30. The van der Waals surface area contributed by atoms with E-state index in [4.69, 9.17) is 16.6 Å².